The molecule has 0 radical (unpaired) electrons. The predicted molar refractivity (Wildman–Crippen MR) is 178 cm³/mol. The van der Waals surface area contributed by atoms with E-state index in [1.54, 1.807) is 0 Å². The fourth-order valence-electron chi connectivity index (χ4n) is 6.21. The summed E-state index contributed by atoms with van der Waals surface area (Å²) >= 11 is 0. The molecule has 8 aromatic rings. The lowest BCUT2D eigenvalue weighted by Crippen LogP contribution is -2.10. The largest absolute Gasteiger partial charge is 0.310 e. The first kappa shape index (κ1) is 24.2. The standard InChI is InChI=1S/C40H28N2/c1-4-13-29(14-5-1)30-23-25-34(26-24-30)41(32-16-6-2-7-17-32)39-22-12-15-31-27-40-37(28-36(31)39)35-20-10-11-21-38(35)42(40)33-18-8-3-9-19-33/h1-28H. The van der Waals surface area contributed by atoms with E-state index < -0.39 is 0 Å². The molecule has 0 amide bonds. The molecule has 0 atom stereocenters. The van der Waals surface area contributed by atoms with Crippen molar-refractivity contribution in [2.45, 2.75) is 0 Å². The second-order valence-electron chi connectivity index (χ2n) is 10.6. The third-order valence-electron chi connectivity index (χ3n) is 8.15. The van der Waals surface area contributed by atoms with Crippen LogP contribution >= 0.6 is 0 Å². The molecule has 7 aromatic carbocycles. The van der Waals surface area contributed by atoms with Crippen LogP contribution in [0.3, 0.4) is 0 Å². The summed E-state index contributed by atoms with van der Waals surface area (Å²) in [5.74, 6) is 0. The van der Waals surface area contributed by atoms with Gasteiger partial charge in [-0.2, -0.15) is 0 Å². The van der Waals surface area contributed by atoms with Crippen LogP contribution in [0.5, 0.6) is 0 Å². The van der Waals surface area contributed by atoms with Gasteiger partial charge < -0.3 is 9.47 Å². The Hall–Kier alpha value is -5.60. The van der Waals surface area contributed by atoms with Crippen molar-refractivity contribution < 1.29 is 0 Å². The number of aromatic nitrogens is 1. The van der Waals surface area contributed by atoms with E-state index in [1.165, 1.54) is 49.4 Å². The quantitative estimate of drug-likeness (QED) is 0.212. The first-order chi connectivity index (χ1) is 20.8. The summed E-state index contributed by atoms with van der Waals surface area (Å²) < 4.78 is 2.38. The Bertz CT molecular complexity index is 2160. The van der Waals surface area contributed by atoms with Gasteiger partial charge in [0.2, 0.25) is 0 Å². The molecule has 2 nitrogen and oxygen atoms in total. The van der Waals surface area contributed by atoms with E-state index in [1.807, 2.05) is 0 Å². The zero-order chi connectivity index (χ0) is 27.9. The van der Waals surface area contributed by atoms with Gasteiger partial charge in [-0.1, -0.05) is 109 Å². The fourth-order valence-corrected chi connectivity index (χ4v) is 6.21. The minimum atomic E-state index is 1.13. The van der Waals surface area contributed by atoms with E-state index in [9.17, 15) is 0 Å². The molecule has 0 N–H and O–H groups in total. The molecule has 8 rings (SSSR count). The average Bonchev–Trinajstić information content (AvgIpc) is 3.39. The Morgan fingerprint density at radius 2 is 1.00 bits per heavy atom. The van der Waals surface area contributed by atoms with Gasteiger partial charge in [-0.15, -0.1) is 0 Å². The summed E-state index contributed by atoms with van der Waals surface area (Å²) in [6.07, 6.45) is 0. The molecular weight excluding hydrogens is 508 g/mol. The van der Waals surface area contributed by atoms with Gasteiger partial charge in [0.25, 0.3) is 0 Å². The highest BCUT2D eigenvalue weighted by atomic mass is 15.1. The lowest BCUT2D eigenvalue weighted by Gasteiger charge is -2.27. The van der Waals surface area contributed by atoms with Gasteiger partial charge in [0.15, 0.2) is 0 Å². The first-order valence-corrected chi connectivity index (χ1v) is 14.4. The van der Waals surface area contributed by atoms with Crippen molar-refractivity contribution in [3.8, 4) is 16.8 Å². The maximum atomic E-state index is 2.38. The highest BCUT2D eigenvalue weighted by molar-refractivity contribution is 6.15. The molecule has 1 aromatic heterocycles. The van der Waals surface area contributed by atoms with Crippen molar-refractivity contribution >= 4 is 49.6 Å². The number of fused-ring (bicyclic) bond motifs is 4. The van der Waals surface area contributed by atoms with Gasteiger partial charge in [0.1, 0.15) is 0 Å². The molecule has 0 bridgehead atoms. The smallest absolute Gasteiger partial charge is 0.0547 e. The summed E-state index contributed by atoms with van der Waals surface area (Å²) in [7, 11) is 0. The third-order valence-corrected chi connectivity index (χ3v) is 8.15. The van der Waals surface area contributed by atoms with Crippen molar-refractivity contribution in [1.82, 2.24) is 4.57 Å². The van der Waals surface area contributed by atoms with Crippen LogP contribution in [0.15, 0.2) is 170 Å². The summed E-state index contributed by atoms with van der Waals surface area (Å²) in [6.45, 7) is 0. The molecule has 2 heteroatoms. The topological polar surface area (TPSA) is 8.17 Å². The van der Waals surface area contributed by atoms with Gasteiger partial charge in [0, 0.05) is 33.2 Å². The molecule has 1 heterocycles. The zero-order valence-corrected chi connectivity index (χ0v) is 23.1. The van der Waals surface area contributed by atoms with Crippen LogP contribution in [-0.4, -0.2) is 4.57 Å². The monoisotopic (exact) mass is 536 g/mol. The van der Waals surface area contributed by atoms with Crippen LogP contribution in [0.1, 0.15) is 0 Å². The number of para-hydroxylation sites is 3. The van der Waals surface area contributed by atoms with Gasteiger partial charge in [-0.05, 0) is 77.2 Å². The van der Waals surface area contributed by atoms with E-state index >= 15 is 0 Å². The van der Waals surface area contributed by atoms with Crippen LogP contribution in [0.2, 0.25) is 0 Å². The molecule has 0 aliphatic rings. The molecule has 0 aliphatic heterocycles. The molecule has 198 valence electrons. The summed E-state index contributed by atoms with van der Waals surface area (Å²) in [6, 6.07) is 60.9. The van der Waals surface area contributed by atoms with Crippen molar-refractivity contribution in [3.05, 3.63) is 170 Å². The minimum Gasteiger partial charge on any atom is -0.310 e. The number of benzene rings is 7. The molecule has 42 heavy (non-hydrogen) atoms. The van der Waals surface area contributed by atoms with Gasteiger partial charge in [-0.25, -0.2) is 0 Å². The number of rotatable bonds is 5. The van der Waals surface area contributed by atoms with Crippen molar-refractivity contribution in [2.24, 2.45) is 0 Å². The Morgan fingerprint density at radius 1 is 0.381 bits per heavy atom. The van der Waals surface area contributed by atoms with Crippen LogP contribution in [0.25, 0.3) is 49.4 Å². The molecular formula is C40H28N2. The Kier molecular flexibility index (Phi) is 5.82. The number of anilines is 3. The third kappa shape index (κ3) is 4.05. The van der Waals surface area contributed by atoms with Crippen LogP contribution < -0.4 is 4.90 Å². The van der Waals surface area contributed by atoms with Gasteiger partial charge in [-0.3, -0.25) is 0 Å². The lowest BCUT2D eigenvalue weighted by molar-refractivity contribution is 1.18. The van der Waals surface area contributed by atoms with E-state index in [0.717, 1.165) is 17.1 Å². The molecule has 0 aliphatic carbocycles. The number of hydrogen-bond acceptors (Lipinski definition) is 1. The molecule has 0 unspecified atom stereocenters. The molecule has 0 saturated carbocycles. The van der Waals surface area contributed by atoms with Gasteiger partial charge in [0.05, 0.1) is 16.7 Å². The molecule has 0 saturated heterocycles. The van der Waals surface area contributed by atoms with Crippen molar-refractivity contribution in [2.75, 3.05) is 4.90 Å². The van der Waals surface area contributed by atoms with E-state index in [2.05, 4.69) is 179 Å². The highest BCUT2D eigenvalue weighted by Crippen LogP contribution is 2.42. The Balaban J connectivity index is 1.36. The van der Waals surface area contributed by atoms with Crippen molar-refractivity contribution in [3.63, 3.8) is 0 Å². The molecule has 0 spiro atoms. The van der Waals surface area contributed by atoms with Crippen LogP contribution in [0, 0.1) is 0 Å². The maximum Gasteiger partial charge on any atom is 0.0547 e. The van der Waals surface area contributed by atoms with E-state index in [0.29, 0.717) is 0 Å². The van der Waals surface area contributed by atoms with Crippen LogP contribution in [-0.2, 0) is 0 Å². The van der Waals surface area contributed by atoms with E-state index in [-0.39, 0.29) is 0 Å². The second-order valence-corrected chi connectivity index (χ2v) is 10.6. The Morgan fingerprint density at radius 3 is 1.76 bits per heavy atom. The lowest BCUT2D eigenvalue weighted by atomic mass is 10.0. The number of nitrogens with zero attached hydrogens (tertiary/aromatic N) is 2. The maximum absolute atomic E-state index is 2.38. The summed E-state index contributed by atoms with van der Waals surface area (Å²) in [5, 5.41) is 4.94. The van der Waals surface area contributed by atoms with E-state index in [4.69, 9.17) is 0 Å². The summed E-state index contributed by atoms with van der Waals surface area (Å²) in [4.78, 5) is 2.37. The molecule has 0 fully saturated rings. The zero-order valence-electron chi connectivity index (χ0n) is 23.1. The normalized spacial score (nSPS) is 11.3. The number of hydrogen-bond donors (Lipinski definition) is 0. The fraction of sp³-hybridized carbons (Fsp3) is 0. The van der Waals surface area contributed by atoms with Crippen molar-refractivity contribution in [1.29, 1.82) is 0 Å². The van der Waals surface area contributed by atoms with Crippen LogP contribution in [0.4, 0.5) is 17.1 Å². The Labute approximate surface area is 245 Å². The predicted octanol–water partition coefficient (Wildman–Crippen LogP) is 11.1. The SMILES string of the molecule is c1ccc(-c2ccc(N(c3ccccc3)c3cccc4cc5c(cc34)c3ccccc3n5-c3ccccc3)cc2)cc1. The minimum absolute atomic E-state index is 1.13. The average molecular weight is 537 g/mol. The highest BCUT2D eigenvalue weighted by Gasteiger charge is 2.18. The first-order valence-electron chi connectivity index (χ1n) is 14.4. The summed E-state index contributed by atoms with van der Waals surface area (Å²) in [5.41, 5.74) is 9.44. The van der Waals surface area contributed by atoms with Gasteiger partial charge >= 0.3 is 0 Å². The second kappa shape index (κ2) is 10.1.